The first-order valence-corrected chi connectivity index (χ1v) is 5.67. The van der Waals surface area contributed by atoms with Crippen LogP contribution < -0.4 is 5.32 Å². The Hall–Kier alpha value is -0.860. The van der Waals surface area contributed by atoms with Crippen molar-refractivity contribution in [3.05, 3.63) is 35.4 Å². The highest BCUT2D eigenvalue weighted by atomic mass is 16.3. The molecule has 0 radical (unpaired) electrons. The van der Waals surface area contributed by atoms with Gasteiger partial charge >= 0.3 is 0 Å². The van der Waals surface area contributed by atoms with Crippen LogP contribution in [0, 0.1) is 5.92 Å². The maximum Gasteiger partial charge on any atom is 0.0775 e. The van der Waals surface area contributed by atoms with Crippen LogP contribution in [0.3, 0.4) is 0 Å². The first-order chi connectivity index (χ1) is 7.18. The number of hydrogen-bond acceptors (Lipinski definition) is 2. The van der Waals surface area contributed by atoms with Crippen molar-refractivity contribution in [1.29, 1.82) is 0 Å². The van der Waals surface area contributed by atoms with E-state index < -0.39 is 0 Å². The van der Waals surface area contributed by atoms with Gasteiger partial charge in [-0.3, -0.25) is 0 Å². The van der Waals surface area contributed by atoms with Gasteiger partial charge in [0.2, 0.25) is 0 Å². The predicted molar refractivity (Wildman–Crippen MR) is 61.7 cm³/mol. The molecule has 2 heteroatoms. The summed E-state index contributed by atoms with van der Waals surface area (Å²) in [7, 11) is 0. The number of hydrogen-bond donors (Lipinski definition) is 2. The molecule has 0 saturated carbocycles. The van der Waals surface area contributed by atoms with Crippen LogP contribution in [0.5, 0.6) is 0 Å². The van der Waals surface area contributed by atoms with Crippen LogP contribution >= 0.6 is 0 Å². The van der Waals surface area contributed by atoms with Crippen molar-refractivity contribution in [2.45, 2.75) is 32.4 Å². The minimum atomic E-state index is -0.263. The third-order valence-corrected chi connectivity index (χ3v) is 2.95. The summed E-state index contributed by atoms with van der Waals surface area (Å²) in [6, 6.07) is 8.43. The summed E-state index contributed by atoms with van der Waals surface area (Å²) in [4.78, 5) is 0. The van der Waals surface area contributed by atoms with E-state index in [4.69, 9.17) is 0 Å². The molecule has 0 bridgehead atoms. The molecular formula is C13H19NO. The van der Waals surface area contributed by atoms with Gasteiger partial charge in [0.05, 0.1) is 12.1 Å². The fraction of sp³-hybridized carbons (Fsp3) is 0.538. The molecule has 1 aliphatic carbocycles. The Bertz CT molecular complexity index is 335. The quantitative estimate of drug-likeness (QED) is 0.790. The summed E-state index contributed by atoms with van der Waals surface area (Å²) in [5.74, 6) is 0.616. The lowest BCUT2D eigenvalue weighted by molar-refractivity contribution is 0.139. The van der Waals surface area contributed by atoms with E-state index in [1.165, 1.54) is 11.1 Å². The van der Waals surface area contributed by atoms with Gasteiger partial charge in [0.25, 0.3) is 0 Å². The second-order valence-electron chi connectivity index (χ2n) is 4.75. The number of aliphatic hydroxyl groups is 1. The van der Waals surface area contributed by atoms with Crippen LogP contribution in [-0.2, 0) is 6.42 Å². The van der Waals surface area contributed by atoms with E-state index in [2.05, 4.69) is 31.3 Å². The second-order valence-corrected chi connectivity index (χ2v) is 4.75. The summed E-state index contributed by atoms with van der Waals surface area (Å²) in [6.07, 6.45) is 0.521. The van der Waals surface area contributed by atoms with E-state index >= 15 is 0 Å². The minimum absolute atomic E-state index is 0.128. The zero-order chi connectivity index (χ0) is 10.8. The Kier molecular flexibility index (Phi) is 3.08. The van der Waals surface area contributed by atoms with E-state index in [9.17, 15) is 5.11 Å². The van der Waals surface area contributed by atoms with Crippen LogP contribution in [0.2, 0.25) is 0 Å². The SMILES string of the molecule is CC(C)CN[C@@H]1c2ccccc2C[C@@H]1O. The van der Waals surface area contributed by atoms with Crippen molar-refractivity contribution < 1.29 is 5.11 Å². The Morgan fingerprint density at radius 3 is 2.87 bits per heavy atom. The topological polar surface area (TPSA) is 32.3 Å². The van der Waals surface area contributed by atoms with Crippen molar-refractivity contribution >= 4 is 0 Å². The molecule has 1 aromatic carbocycles. The predicted octanol–water partition coefficient (Wildman–Crippen LogP) is 1.89. The fourth-order valence-corrected chi connectivity index (χ4v) is 2.18. The molecule has 1 aliphatic rings. The first-order valence-electron chi connectivity index (χ1n) is 5.67. The van der Waals surface area contributed by atoms with Gasteiger partial charge in [0.15, 0.2) is 0 Å². The van der Waals surface area contributed by atoms with Crippen molar-refractivity contribution in [3.63, 3.8) is 0 Å². The number of rotatable bonds is 3. The summed E-state index contributed by atoms with van der Waals surface area (Å²) in [5.41, 5.74) is 2.55. The van der Waals surface area contributed by atoms with E-state index in [1.807, 2.05) is 12.1 Å². The van der Waals surface area contributed by atoms with Gasteiger partial charge in [-0.15, -0.1) is 0 Å². The molecule has 0 heterocycles. The highest BCUT2D eigenvalue weighted by molar-refractivity contribution is 5.36. The van der Waals surface area contributed by atoms with Gasteiger partial charge in [0.1, 0.15) is 0 Å². The molecule has 15 heavy (non-hydrogen) atoms. The lowest BCUT2D eigenvalue weighted by atomic mass is 10.1. The van der Waals surface area contributed by atoms with Gasteiger partial charge in [0, 0.05) is 6.42 Å². The summed E-state index contributed by atoms with van der Waals surface area (Å²) >= 11 is 0. The fourth-order valence-electron chi connectivity index (χ4n) is 2.18. The van der Waals surface area contributed by atoms with Gasteiger partial charge in [-0.2, -0.15) is 0 Å². The van der Waals surface area contributed by atoms with E-state index in [0.29, 0.717) is 5.92 Å². The maximum absolute atomic E-state index is 9.96. The molecule has 2 N–H and O–H groups in total. The van der Waals surface area contributed by atoms with Crippen LogP contribution in [0.1, 0.15) is 31.0 Å². The molecule has 0 aromatic heterocycles. The molecule has 0 amide bonds. The molecule has 0 unspecified atom stereocenters. The lowest BCUT2D eigenvalue weighted by Crippen LogP contribution is -2.31. The van der Waals surface area contributed by atoms with Gasteiger partial charge in [-0.1, -0.05) is 38.1 Å². The van der Waals surface area contributed by atoms with E-state index in [0.717, 1.165) is 13.0 Å². The maximum atomic E-state index is 9.96. The number of aliphatic hydroxyl groups excluding tert-OH is 1. The van der Waals surface area contributed by atoms with Crippen molar-refractivity contribution in [2.24, 2.45) is 5.92 Å². The molecule has 0 fully saturated rings. The molecule has 2 rings (SSSR count). The standard InChI is InChI=1S/C13H19NO/c1-9(2)8-14-13-11-6-4-3-5-10(11)7-12(13)15/h3-6,9,12-15H,7-8H2,1-2H3/t12-,13+/m0/s1. The molecule has 2 atom stereocenters. The third-order valence-electron chi connectivity index (χ3n) is 2.95. The number of fused-ring (bicyclic) bond motifs is 1. The van der Waals surface area contributed by atoms with Crippen LogP contribution in [0.4, 0.5) is 0 Å². The monoisotopic (exact) mass is 205 g/mol. The van der Waals surface area contributed by atoms with Crippen LogP contribution in [-0.4, -0.2) is 17.8 Å². The smallest absolute Gasteiger partial charge is 0.0775 e. The zero-order valence-electron chi connectivity index (χ0n) is 9.40. The third kappa shape index (κ3) is 2.21. The Morgan fingerprint density at radius 2 is 2.13 bits per heavy atom. The highest BCUT2D eigenvalue weighted by Gasteiger charge is 2.29. The van der Waals surface area contributed by atoms with Crippen molar-refractivity contribution in [2.75, 3.05) is 6.54 Å². The van der Waals surface area contributed by atoms with E-state index in [-0.39, 0.29) is 12.1 Å². The second kappa shape index (κ2) is 4.33. The lowest BCUT2D eigenvalue weighted by Gasteiger charge is -2.19. The molecule has 1 aromatic rings. The van der Waals surface area contributed by atoms with E-state index in [1.54, 1.807) is 0 Å². The highest BCUT2D eigenvalue weighted by Crippen LogP contribution is 2.31. The number of nitrogens with one attached hydrogen (secondary N) is 1. The Balaban J connectivity index is 2.11. The average Bonchev–Trinajstić information content (AvgIpc) is 2.50. The molecule has 82 valence electrons. The minimum Gasteiger partial charge on any atom is -0.391 e. The van der Waals surface area contributed by atoms with Crippen molar-refractivity contribution in [3.8, 4) is 0 Å². The van der Waals surface area contributed by atoms with Gasteiger partial charge in [-0.05, 0) is 23.6 Å². The normalized spacial score (nSPS) is 24.5. The largest absolute Gasteiger partial charge is 0.391 e. The van der Waals surface area contributed by atoms with Crippen LogP contribution in [0.15, 0.2) is 24.3 Å². The van der Waals surface area contributed by atoms with Crippen molar-refractivity contribution in [1.82, 2.24) is 5.32 Å². The van der Waals surface area contributed by atoms with Gasteiger partial charge < -0.3 is 10.4 Å². The zero-order valence-corrected chi connectivity index (χ0v) is 9.40. The summed E-state index contributed by atoms with van der Waals surface area (Å²) < 4.78 is 0. The van der Waals surface area contributed by atoms with Crippen LogP contribution in [0.25, 0.3) is 0 Å². The summed E-state index contributed by atoms with van der Waals surface area (Å²) in [6.45, 7) is 5.32. The first kappa shape index (κ1) is 10.7. The Labute approximate surface area is 91.3 Å². The average molecular weight is 205 g/mol. The molecule has 2 nitrogen and oxygen atoms in total. The molecule has 0 aliphatic heterocycles. The molecular weight excluding hydrogens is 186 g/mol. The Morgan fingerprint density at radius 1 is 1.40 bits per heavy atom. The molecule has 0 spiro atoms. The summed E-state index contributed by atoms with van der Waals surface area (Å²) in [5, 5.41) is 13.4. The molecule has 0 saturated heterocycles. The number of benzene rings is 1. The van der Waals surface area contributed by atoms with Gasteiger partial charge in [-0.25, -0.2) is 0 Å².